The van der Waals surface area contributed by atoms with Crippen molar-refractivity contribution in [2.24, 2.45) is 0 Å². The summed E-state index contributed by atoms with van der Waals surface area (Å²) in [5.74, 6) is 1.49. The lowest BCUT2D eigenvalue weighted by Crippen LogP contribution is -2.25. The number of hydrogen-bond donors (Lipinski definition) is 1. The zero-order chi connectivity index (χ0) is 18.2. The van der Waals surface area contributed by atoms with E-state index in [9.17, 15) is 0 Å². The molecule has 140 valence electrons. The molecular formula is C21H26ClNO3. The quantitative estimate of drug-likeness (QED) is 0.696. The first-order valence-corrected chi connectivity index (χ1v) is 9.58. The molecule has 1 N–H and O–H groups in total. The van der Waals surface area contributed by atoms with E-state index in [1.165, 1.54) is 0 Å². The van der Waals surface area contributed by atoms with Crippen LogP contribution in [-0.2, 0) is 17.9 Å². The van der Waals surface area contributed by atoms with Crippen LogP contribution < -0.4 is 14.8 Å². The van der Waals surface area contributed by atoms with Crippen molar-refractivity contribution in [1.29, 1.82) is 0 Å². The van der Waals surface area contributed by atoms with Crippen LogP contribution in [-0.4, -0.2) is 25.9 Å². The van der Waals surface area contributed by atoms with Gasteiger partial charge in [-0.3, -0.25) is 0 Å². The van der Waals surface area contributed by atoms with E-state index in [0.717, 1.165) is 55.2 Å². The number of nitrogens with one attached hydrogen (secondary N) is 1. The molecule has 1 atom stereocenters. The fourth-order valence-corrected chi connectivity index (χ4v) is 3.19. The monoisotopic (exact) mass is 375 g/mol. The lowest BCUT2D eigenvalue weighted by atomic mass is 10.2. The first-order chi connectivity index (χ1) is 12.8. The zero-order valence-corrected chi connectivity index (χ0v) is 15.9. The molecule has 0 aliphatic carbocycles. The molecular weight excluding hydrogens is 350 g/mol. The van der Waals surface area contributed by atoms with Crippen LogP contribution in [0.4, 0.5) is 0 Å². The Morgan fingerprint density at radius 2 is 2.04 bits per heavy atom. The molecule has 1 fully saturated rings. The molecule has 1 aliphatic rings. The molecule has 0 saturated carbocycles. The van der Waals surface area contributed by atoms with Gasteiger partial charge in [-0.1, -0.05) is 35.9 Å². The average molecular weight is 376 g/mol. The van der Waals surface area contributed by atoms with Crippen molar-refractivity contribution in [2.45, 2.75) is 39.0 Å². The molecule has 0 aromatic heterocycles. The second kappa shape index (κ2) is 9.81. The maximum Gasteiger partial charge on any atom is 0.161 e. The van der Waals surface area contributed by atoms with Gasteiger partial charge in [-0.15, -0.1) is 0 Å². The summed E-state index contributed by atoms with van der Waals surface area (Å²) in [6.45, 7) is 5.53. The van der Waals surface area contributed by atoms with Gasteiger partial charge >= 0.3 is 0 Å². The van der Waals surface area contributed by atoms with E-state index in [-0.39, 0.29) is 0 Å². The SMILES string of the molecule is CCOc1cc(CNC[C@H]2CCCO2)ccc1OCc1ccccc1Cl. The van der Waals surface area contributed by atoms with Crippen molar-refractivity contribution in [1.82, 2.24) is 5.32 Å². The first kappa shape index (κ1) is 19.0. The van der Waals surface area contributed by atoms with Crippen molar-refractivity contribution in [3.05, 3.63) is 58.6 Å². The topological polar surface area (TPSA) is 39.7 Å². The molecule has 1 heterocycles. The molecule has 0 unspecified atom stereocenters. The molecule has 0 spiro atoms. The highest BCUT2D eigenvalue weighted by Gasteiger charge is 2.14. The van der Waals surface area contributed by atoms with E-state index < -0.39 is 0 Å². The minimum atomic E-state index is 0.347. The lowest BCUT2D eigenvalue weighted by molar-refractivity contribution is 0.110. The number of hydrogen-bond acceptors (Lipinski definition) is 4. The Balaban J connectivity index is 1.59. The summed E-state index contributed by atoms with van der Waals surface area (Å²) in [5.41, 5.74) is 2.12. The second-order valence-electron chi connectivity index (χ2n) is 6.36. The van der Waals surface area contributed by atoms with Crippen molar-refractivity contribution < 1.29 is 14.2 Å². The summed E-state index contributed by atoms with van der Waals surface area (Å²) >= 11 is 6.20. The molecule has 0 bridgehead atoms. The Bertz CT molecular complexity index is 701. The van der Waals surface area contributed by atoms with E-state index in [0.29, 0.717) is 24.3 Å². The standard InChI is InChI=1S/C21H26ClNO3/c1-2-24-21-12-16(13-23-14-18-7-5-11-25-18)9-10-20(21)26-15-17-6-3-4-8-19(17)22/h3-4,6,8-10,12,18,23H,2,5,7,11,13-15H2,1H3/t18-/m1/s1. The van der Waals surface area contributed by atoms with Gasteiger partial charge in [0.25, 0.3) is 0 Å². The summed E-state index contributed by atoms with van der Waals surface area (Å²) in [6, 6.07) is 13.8. The third-order valence-corrected chi connectivity index (χ3v) is 4.74. The fraction of sp³-hybridized carbons (Fsp3) is 0.429. The number of ether oxygens (including phenoxy) is 3. The van der Waals surface area contributed by atoms with Gasteiger partial charge in [0.1, 0.15) is 6.61 Å². The largest absolute Gasteiger partial charge is 0.490 e. The van der Waals surface area contributed by atoms with Gasteiger partial charge in [0.2, 0.25) is 0 Å². The van der Waals surface area contributed by atoms with Crippen LogP contribution in [0.25, 0.3) is 0 Å². The van der Waals surface area contributed by atoms with Crippen LogP contribution in [0.5, 0.6) is 11.5 Å². The van der Waals surface area contributed by atoms with Crippen LogP contribution in [0, 0.1) is 0 Å². The van der Waals surface area contributed by atoms with Crippen molar-refractivity contribution in [3.63, 3.8) is 0 Å². The van der Waals surface area contributed by atoms with Gasteiger partial charge in [-0.05, 0) is 43.5 Å². The molecule has 4 nitrogen and oxygen atoms in total. The molecule has 5 heteroatoms. The van der Waals surface area contributed by atoms with Crippen LogP contribution in [0.15, 0.2) is 42.5 Å². The summed E-state index contributed by atoms with van der Waals surface area (Å²) < 4.78 is 17.4. The Morgan fingerprint density at radius 1 is 1.15 bits per heavy atom. The zero-order valence-electron chi connectivity index (χ0n) is 15.2. The van der Waals surface area contributed by atoms with Gasteiger partial charge in [0.15, 0.2) is 11.5 Å². The maximum absolute atomic E-state index is 6.20. The van der Waals surface area contributed by atoms with E-state index in [1.807, 2.05) is 43.3 Å². The molecule has 1 saturated heterocycles. The van der Waals surface area contributed by atoms with Gasteiger partial charge in [0, 0.05) is 30.3 Å². The van der Waals surface area contributed by atoms with E-state index in [2.05, 4.69) is 11.4 Å². The van der Waals surface area contributed by atoms with Gasteiger partial charge < -0.3 is 19.5 Å². The van der Waals surface area contributed by atoms with Crippen molar-refractivity contribution in [3.8, 4) is 11.5 Å². The Kier molecular flexibility index (Phi) is 7.18. The van der Waals surface area contributed by atoms with Crippen LogP contribution in [0.2, 0.25) is 5.02 Å². The highest BCUT2D eigenvalue weighted by molar-refractivity contribution is 6.31. The molecule has 0 radical (unpaired) electrons. The molecule has 26 heavy (non-hydrogen) atoms. The van der Waals surface area contributed by atoms with E-state index in [1.54, 1.807) is 0 Å². The lowest BCUT2D eigenvalue weighted by Gasteiger charge is -2.15. The Hall–Kier alpha value is -1.75. The Labute approximate surface area is 160 Å². The minimum Gasteiger partial charge on any atom is -0.490 e. The number of rotatable bonds is 9. The normalized spacial score (nSPS) is 16.6. The molecule has 2 aromatic rings. The molecule has 1 aliphatic heterocycles. The van der Waals surface area contributed by atoms with Crippen LogP contribution >= 0.6 is 11.6 Å². The second-order valence-corrected chi connectivity index (χ2v) is 6.77. The molecule has 0 amide bonds. The maximum atomic E-state index is 6.20. The fourth-order valence-electron chi connectivity index (χ4n) is 3.00. The highest BCUT2D eigenvalue weighted by Crippen LogP contribution is 2.30. The Morgan fingerprint density at radius 3 is 2.81 bits per heavy atom. The summed E-state index contributed by atoms with van der Waals surface area (Å²) in [7, 11) is 0. The average Bonchev–Trinajstić information content (AvgIpc) is 3.16. The van der Waals surface area contributed by atoms with Crippen molar-refractivity contribution >= 4 is 11.6 Å². The third-order valence-electron chi connectivity index (χ3n) is 4.37. The van der Waals surface area contributed by atoms with Crippen LogP contribution in [0.1, 0.15) is 30.9 Å². The number of benzene rings is 2. The van der Waals surface area contributed by atoms with Crippen LogP contribution in [0.3, 0.4) is 0 Å². The van der Waals surface area contributed by atoms with Crippen molar-refractivity contribution in [2.75, 3.05) is 19.8 Å². The third kappa shape index (κ3) is 5.37. The summed E-state index contributed by atoms with van der Waals surface area (Å²) in [5, 5.41) is 4.17. The predicted octanol–water partition coefficient (Wildman–Crippen LogP) is 4.59. The highest BCUT2D eigenvalue weighted by atomic mass is 35.5. The van der Waals surface area contributed by atoms with E-state index in [4.69, 9.17) is 25.8 Å². The minimum absolute atomic E-state index is 0.347. The predicted molar refractivity (Wildman–Crippen MR) is 104 cm³/mol. The molecule has 3 rings (SSSR count). The van der Waals surface area contributed by atoms with Gasteiger partial charge in [0.05, 0.1) is 12.7 Å². The number of halogens is 1. The van der Waals surface area contributed by atoms with Gasteiger partial charge in [-0.25, -0.2) is 0 Å². The van der Waals surface area contributed by atoms with E-state index >= 15 is 0 Å². The molecule has 2 aromatic carbocycles. The first-order valence-electron chi connectivity index (χ1n) is 9.20. The summed E-state index contributed by atoms with van der Waals surface area (Å²) in [6.07, 6.45) is 2.66. The smallest absolute Gasteiger partial charge is 0.161 e. The summed E-state index contributed by atoms with van der Waals surface area (Å²) in [4.78, 5) is 0. The van der Waals surface area contributed by atoms with Gasteiger partial charge in [-0.2, -0.15) is 0 Å².